The van der Waals surface area contributed by atoms with Crippen molar-refractivity contribution in [2.75, 3.05) is 0 Å². The summed E-state index contributed by atoms with van der Waals surface area (Å²) in [6.07, 6.45) is 0. The molecule has 0 aliphatic carbocycles. The van der Waals surface area contributed by atoms with E-state index in [1.165, 1.54) is 12.1 Å². The minimum Gasteiger partial charge on any atom is -0.419 e. The lowest BCUT2D eigenvalue weighted by molar-refractivity contribution is 0.0947. The van der Waals surface area contributed by atoms with Crippen molar-refractivity contribution in [1.29, 1.82) is 0 Å². The SMILES string of the molecule is O=C(NCc1nnc(-c2ccc(F)cc2)o1)c1ccc(Br)cc1. The summed E-state index contributed by atoms with van der Waals surface area (Å²) in [6.45, 7) is 0.114. The molecule has 0 saturated carbocycles. The number of rotatable bonds is 4. The van der Waals surface area contributed by atoms with Crippen molar-refractivity contribution < 1.29 is 13.6 Å². The fourth-order valence-corrected chi connectivity index (χ4v) is 2.16. The fourth-order valence-electron chi connectivity index (χ4n) is 1.89. The van der Waals surface area contributed by atoms with Gasteiger partial charge in [-0.3, -0.25) is 4.79 Å². The molecule has 0 saturated heterocycles. The maximum Gasteiger partial charge on any atom is 0.251 e. The van der Waals surface area contributed by atoms with E-state index in [2.05, 4.69) is 31.4 Å². The third kappa shape index (κ3) is 3.81. The van der Waals surface area contributed by atoms with Gasteiger partial charge in [0.25, 0.3) is 5.91 Å². The number of carbonyl (C=O) groups excluding carboxylic acids is 1. The van der Waals surface area contributed by atoms with Crippen LogP contribution in [-0.2, 0) is 6.54 Å². The van der Waals surface area contributed by atoms with Crippen molar-refractivity contribution in [2.45, 2.75) is 6.54 Å². The number of nitrogens with zero attached hydrogens (tertiary/aromatic N) is 2. The van der Waals surface area contributed by atoms with Crippen LogP contribution in [0.5, 0.6) is 0 Å². The largest absolute Gasteiger partial charge is 0.419 e. The molecule has 1 N–H and O–H groups in total. The monoisotopic (exact) mass is 375 g/mol. The van der Waals surface area contributed by atoms with Gasteiger partial charge in [-0.2, -0.15) is 0 Å². The molecule has 1 amide bonds. The molecule has 0 unspecified atom stereocenters. The van der Waals surface area contributed by atoms with Crippen LogP contribution in [0.2, 0.25) is 0 Å². The van der Waals surface area contributed by atoms with Gasteiger partial charge in [-0.25, -0.2) is 4.39 Å². The first-order chi connectivity index (χ1) is 11.1. The molecule has 7 heteroatoms. The van der Waals surface area contributed by atoms with Crippen molar-refractivity contribution in [3.05, 3.63) is 70.3 Å². The smallest absolute Gasteiger partial charge is 0.251 e. The zero-order valence-corrected chi connectivity index (χ0v) is 13.4. The van der Waals surface area contributed by atoms with E-state index in [1.807, 2.05) is 0 Å². The van der Waals surface area contributed by atoms with Crippen LogP contribution in [0.3, 0.4) is 0 Å². The highest BCUT2D eigenvalue weighted by atomic mass is 79.9. The summed E-state index contributed by atoms with van der Waals surface area (Å²) in [6, 6.07) is 12.7. The van der Waals surface area contributed by atoms with Crippen LogP contribution in [-0.4, -0.2) is 16.1 Å². The first-order valence-corrected chi connectivity index (χ1v) is 7.53. The highest BCUT2D eigenvalue weighted by molar-refractivity contribution is 9.10. The van der Waals surface area contributed by atoms with Gasteiger partial charge in [0.1, 0.15) is 5.82 Å². The highest BCUT2D eigenvalue weighted by Crippen LogP contribution is 2.18. The van der Waals surface area contributed by atoms with Crippen molar-refractivity contribution in [3.8, 4) is 11.5 Å². The number of aromatic nitrogens is 2. The molecule has 1 heterocycles. The molecule has 0 aliphatic rings. The molecule has 2 aromatic carbocycles. The highest BCUT2D eigenvalue weighted by Gasteiger charge is 2.11. The van der Waals surface area contributed by atoms with Gasteiger partial charge >= 0.3 is 0 Å². The van der Waals surface area contributed by atoms with Crippen LogP contribution in [0, 0.1) is 5.82 Å². The number of halogens is 2. The second kappa shape index (κ2) is 6.70. The summed E-state index contributed by atoms with van der Waals surface area (Å²) < 4.78 is 19.2. The minimum absolute atomic E-state index is 0.114. The molecular formula is C16H11BrFN3O2. The molecule has 23 heavy (non-hydrogen) atoms. The summed E-state index contributed by atoms with van der Waals surface area (Å²) in [5, 5.41) is 10.4. The Bertz CT molecular complexity index is 816. The minimum atomic E-state index is -0.338. The Morgan fingerprint density at radius 2 is 1.78 bits per heavy atom. The molecule has 0 fully saturated rings. The molecule has 3 aromatic rings. The van der Waals surface area contributed by atoms with Gasteiger partial charge in [-0.05, 0) is 48.5 Å². The Hall–Kier alpha value is -2.54. The summed E-state index contributed by atoms with van der Waals surface area (Å²) in [5.74, 6) is -0.0260. The molecule has 0 aliphatic heterocycles. The number of amides is 1. The maximum atomic E-state index is 12.9. The lowest BCUT2D eigenvalue weighted by Crippen LogP contribution is -2.22. The van der Waals surface area contributed by atoms with Crippen molar-refractivity contribution >= 4 is 21.8 Å². The summed E-state index contributed by atoms with van der Waals surface area (Å²) in [4.78, 5) is 12.0. The molecule has 3 rings (SSSR count). The lowest BCUT2D eigenvalue weighted by Gasteiger charge is -2.02. The van der Waals surface area contributed by atoms with Crippen LogP contribution in [0.4, 0.5) is 4.39 Å². The summed E-state index contributed by atoms with van der Waals surface area (Å²) >= 11 is 3.31. The summed E-state index contributed by atoms with van der Waals surface area (Å²) in [7, 11) is 0. The number of nitrogens with one attached hydrogen (secondary N) is 1. The average molecular weight is 376 g/mol. The predicted molar refractivity (Wildman–Crippen MR) is 85.0 cm³/mol. The molecule has 0 atom stereocenters. The van der Waals surface area contributed by atoms with E-state index in [4.69, 9.17) is 4.42 Å². The van der Waals surface area contributed by atoms with Gasteiger partial charge in [0, 0.05) is 15.6 Å². The third-order valence-electron chi connectivity index (χ3n) is 3.06. The van der Waals surface area contributed by atoms with E-state index < -0.39 is 0 Å². The molecule has 0 spiro atoms. The van der Waals surface area contributed by atoms with E-state index in [0.717, 1.165) is 4.47 Å². The van der Waals surface area contributed by atoms with Gasteiger partial charge < -0.3 is 9.73 Å². The Morgan fingerprint density at radius 1 is 1.09 bits per heavy atom. The zero-order chi connectivity index (χ0) is 16.2. The van der Waals surface area contributed by atoms with Crippen LogP contribution in [0.1, 0.15) is 16.2 Å². The van der Waals surface area contributed by atoms with Crippen molar-refractivity contribution in [1.82, 2.24) is 15.5 Å². The van der Waals surface area contributed by atoms with E-state index in [1.54, 1.807) is 36.4 Å². The molecule has 5 nitrogen and oxygen atoms in total. The molecule has 116 valence electrons. The first kappa shape index (κ1) is 15.4. The van der Waals surface area contributed by atoms with Crippen LogP contribution in [0.15, 0.2) is 57.4 Å². The normalized spacial score (nSPS) is 10.5. The standard InChI is InChI=1S/C16H11BrFN3O2/c17-12-5-1-10(2-6-12)15(22)19-9-14-20-21-16(23-14)11-3-7-13(18)8-4-11/h1-8H,9H2,(H,19,22). The van der Waals surface area contributed by atoms with Gasteiger partial charge in [-0.15, -0.1) is 10.2 Å². The second-order valence-electron chi connectivity index (χ2n) is 4.70. The van der Waals surface area contributed by atoms with Gasteiger partial charge in [0.2, 0.25) is 11.8 Å². The Labute approximate surface area is 139 Å². The van der Waals surface area contributed by atoms with Gasteiger partial charge in [-0.1, -0.05) is 15.9 Å². The van der Waals surface area contributed by atoms with Crippen molar-refractivity contribution in [3.63, 3.8) is 0 Å². The molecule has 0 radical (unpaired) electrons. The van der Waals surface area contributed by atoms with E-state index >= 15 is 0 Å². The van der Waals surface area contributed by atoms with E-state index in [-0.39, 0.29) is 30.1 Å². The van der Waals surface area contributed by atoms with E-state index in [9.17, 15) is 9.18 Å². The third-order valence-corrected chi connectivity index (χ3v) is 3.59. The molecule has 0 bridgehead atoms. The Kier molecular flexibility index (Phi) is 4.47. The van der Waals surface area contributed by atoms with Gasteiger partial charge in [0.15, 0.2) is 0 Å². The number of hydrogen-bond donors (Lipinski definition) is 1. The van der Waals surface area contributed by atoms with Crippen molar-refractivity contribution in [2.24, 2.45) is 0 Å². The number of hydrogen-bond acceptors (Lipinski definition) is 4. The molecule has 1 aromatic heterocycles. The molecular weight excluding hydrogens is 365 g/mol. The lowest BCUT2D eigenvalue weighted by atomic mass is 10.2. The second-order valence-corrected chi connectivity index (χ2v) is 5.61. The number of benzene rings is 2. The van der Waals surface area contributed by atoms with Crippen LogP contribution >= 0.6 is 15.9 Å². The van der Waals surface area contributed by atoms with Crippen LogP contribution < -0.4 is 5.32 Å². The quantitative estimate of drug-likeness (QED) is 0.756. The summed E-state index contributed by atoms with van der Waals surface area (Å²) in [5.41, 5.74) is 1.15. The zero-order valence-electron chi connectivity index (χ0n) is 11.8. The Morgan fingerprint density at radius 3 is 2.48 bits per heavy atom. The van der Waals surface area contributed by atoms with E-state index in [0.29, 0.717) is 11.1 Å². The number of carbonyl (C=O) groups is 1. The first-order valence-electron chi connectivity index (χ1n) is 6.74. The Balaban J connectivity index is 1.64. The average Bonchev–Trinajstić information content (AvgIpc) is 3.03. The van der Waals surface area contributed by atoms with Crippen LogP contribution in [0.25, 0.3) is 11.5 Å². The maximum absolute atomic E-state index is 12.9. The topological polar surface area (TPSA) is 68.0 Å². The fraction of sp³-hybridized carbons (Fsp3) is 0.0625. The van der Waals surface area contributed by atoms with Gasteiger partial charge in [0.05, 0.1) is 6.54 Å². The predicted octanol–water partition coefficient (Wildman–Crippen LogP) is 3.57.